The molecular weight excluding hydrogens is 437 g/mol. The summed E-state index contributed by atoms with van der Waals surface area (Å²) in [6, 6.07) is 15.5. The Morgan fingerprint density at radius 1 is 1.24 bits per heavy atom. The first kappa shape index (κ1) is 25.8. The zero-order valence-corrected chi connectivity index (χ0v) is 18.3. The third kappa shape index (κ3) is 6.78. The number of nitrogens with one attached hydrogen (secondary N) is 2. The number of thiol groups is 1. The Hall–Kier alpha value is -3.42. The zero-order chi connectivity index (χ0) is 23.0. The van der Waals surface area contributed by atoms with Crippen molar-refractivity contribution >= 4 is 18.5 Å². The maximum Gasteiger partial charge on any atom is 0.228 e. The van der Waals surface area contributed by atoms with Crippen LogP contribution >= 0.6 is 12.6 Å². The number of H-pyrrole nitrogens is 1. The van der Waals surface area contributed by atoms with E-state index in [0.29, 0.717) is 21.9 Å². The number of halogens is 1. The van der Waals surface area contributed by atoms with E-state index in [2.05, 4.69) is 41.1 Å². The molecule has 0 fully saturated rings. The van der Waals surface area contributed by atoms with Gasteiger partial charge in [0, 0.05) is 10.6 Å². The Balaban J connectivity index is 0.00000385. The number of amides is 1. The van der Waals surface area contributed by atoms with Crippen LogP contribution < -0.4 is 5.32 Å². The number of carbonyl (C=O) groups excluding carboxylic acids is 1. The Morgan fingerprint density at radius 3 is 2.64 bits per heavy atom. The largest absolute Gasteiger partial charge is 0.359 e. The number of imidazole rings is 1. The van der Waals surface area contributed by atoms with E-state index in [1.807, 2.05) is 30.3 Å². The average molecular weight is 466 g/mol. The van der Waals surface area contributed by atoms with Crippen LogP contribution in [-0.4, -0.2) is 15.9 Å². The second-order valence-electron chi connectivity index (χ2n) is 7.10. The molecule has 0 spiro atoms. The van der Waals surface area contributed by atoms with Gasteiger partial charge in [-0.3, -0.25) is 4.79 Å². The lowest BCUT2D eigenvalue weighted by Gasteiger charge is -2.33. The number of carbonyl (C=O) groups is 1. The van der Waals surface area contributed by atoms with Crippen molar-refractivity contribution in [1.82, 2.24) is 15.3 Å². The number of allylic oxidation sites excluding steroid dienone is 2. The molecule has 1 atom stereocenters. The molecule has 2 aromatic carbocycles. The number of hydrogen-bond donors (Lipinski definition) is 3. The van der Waals surface area contributed by atoms with Crippen LogP contribution in [0.2, 0.25) is 0 Å². The fourth-order valence-electron chi connectivity index (χ4n) is 3.28. The number of benzene rings is 2. The topological polar surface area (TPSA) is 67.0 Å². The summed E-state index contributed by atoms with van der Waals surface area (Å²) >= 11 is 4.22. The van der Waals surface area contributed by atoms with Crippen LogP contribution in [0.15, 0.2) is 103 Å². The Morgan fingerprint density at radius 2 is 2.00 bits per heavy atom. The number of rotatable bonds is 10. The van der Waals surface area contributed by atoms with E-state index in [0.717, 1.165) is 5.56 Å². The molecular formula is C26H28FN3O2S. The number of aromatic amines is 1. The highest BCUT2D eigenvalue weighted by Gasteiger charge is 2.40. The summed E-state index contributed by atoms with van der Waals surface area (Å²) in [5, 5.41) is 2.73. The van der Waals surface area contributed by atoms with Gasteiger partial charge in [0.1, 0.15) is 11.4 Å². The standard InChI is InChI=1S/C25H24FN3O2S.CH4/c1-3-22(32)12-18(2)29-24(30)14-25(23-15-27-17-28-23,20-10-7-11-21(26)13-20)31-16-19-8-5-4-6-9-19;/h3-13,15,17,32H,1-2,14,16H2,(H,27,28)(H,29,30);1H4/b22-12+;. The predicted molar refractivity (Wildman–Crippen MR) is 133 cm³/mol. The summed E-state index contributed by atoms with van der Waals surface area (Å²) < 4.78 is 20.6. The van der Waals surface area contributed by atoms with Crippen LogP contribution in [0.4, 0.5) is 4.39 Å². The smallest absolute Gasteiger partial charge is 0.228 e. The Bertz CT molecular complexity index is 1110. The molecule has 172 valence electrons. The fourth-order valence-corrected chi connectivity index (χ4v) is 3.44. The van der Waals surface area contributed by atoms with Crippen molar-refractivity contribution in [3.8, 4) is 0 Å². The summed E-state index contributed by atoms with van der Waals surface area (Å²) in [7, 11) is 0. The minimum atomic E-state index is -1.31. The van der Waals surface area contributed by atoms with Gasteiger partial charge in [-0.05, 0) is 29.3 Å². The molecule has 33 heavy (non-hydrogen) atoms. The molecule has 0 saturated carbocycles. The summed E-state index contributed by atoms with van der Waals surface area (Å²) in [6.07, 6.45) is 6.03. The highest BCUT2D eigenvalue weighted by molar-refractivity contribution is 7.84. The minimum absolute atomic E-state index is 0. The lowest BCUT2D eigenvalue weighted by atomic mass is 9.86. The summed E-state index contributed by atoms with van der Waals surface area (Å²) in [6.45, 7) is 7.65. The number of aromatic nitrogens is 2. The van der Waals surface area contributed by atoms with Gasteiger partial charge in [0.25, 0.3) is 0 Å². The minimum Gasteiger partial charge on any atom is -0.359 e. The van der Waals surface area contributed by atoms with Gasteiger partial charge >= 0.3 is 0 Å². The van der Waals surface area contributed by atoms with Crippen molar-refractivity contribution in [3.63, 3.8) is 0 Å². The lowest BCUT2D eigenvalue weighted by Crippen LogP contribution is -2.38. The number of nitrogens with zero attached hydrogens (tertiary/aromatic N) is 1. The molecule has 0 radical (unpaired) electrons. The Labute approximate surface area is 199 Å². The molecule has 5 nitrogen and oxygen atoms in total. The second kappa shape index (κ2) is 12.0. The van der Waals surface area contributed by atoms with Crippen LogP contribution in [0.3, 0.4) is 0 Å². The third-order valence-electron chi connectivity index (χ3n) is 4.79. The van der Waals surface area contributed by atoms with Crippen molar-refractivity contribution in [2.45, 2.75) is 26.1 Å². The van der Waals surface area contributed by atoms with E-state index in [1.165, 1.54) is 24.5 Å². The van der Waals surface area contributed by atoms with Crippen LogP contribution in [0.1, 0.15) is 30.7 Å². The molecule has 0 aliphatic carbocycles. The van der Waals surface area contributed by atoms with Gasteiger partial charge in [-0.2, -0.15) is 0 Å². The lowest BCUT2D eigenvalue weighted by molar-refractivity contribution is -0.128. The van der Waals surface area contributed by atoms with Gasteiger partial charge < -0.3 is 15.0 Å². The van der Waals surface area contributed by atoms with E-state index in [9.17, 15) is 9.18 Å². The van der Waals surface area contributed by atoms with Gasteiger partial charge in [-0.1, -0.05) is 69.1 Å². The van der Waals surface area contributed by atoms with E-state index >= 15 is 0 Å². The summed E-state index contributed by atoms with van der Waals surface area (Å²) in [5.41, 5.74) is 0.948. The molecule has 1 heterocycles. The van der Waals surface area contributed by atoms with Gasteiger partial charge in [0.05, 0.1) is 31.2 Å². The van der Waals surface area contributed by atoms with Crippen molar-refractivity contribution < 1.29 is 13.9 Å². The van der Waals surface area contributed by atoms with Crippen LogP contribution in [0.5, 0.6) is 0 Å². The molecule has 3 rings (SSSR count). The molecule has 0 bridgehead atoms. The first-order valence-electron chi connectivity index (χ1n) is 9.87. The van der Waals surface area contributed by atoms with Crippen molar-refractivity contribution in [3.05, 3.63) is 126 Å². The maximum absolute atomic E-state index is 14.2. The summed E-state index contributed by atoms with van der Waals surface area (Å²) in [4.78, 5) is 20.7. The monoisotopic (exact) mass is 465 g/mol. The molecule has 7 heteroatoms. The number of hydrogen-bond acceptors (Lipinski definition) is 4. The van der Waals surface area contributed by atoms with Crippen molar-refractivity contribution in [1.29, 1.82) is 0 Å². The van der Waals surface area contributed by atoms with Gasteiger partial charge in [0.2, 0.25) is 5.91 Å². The van der Waals surface area contributed by atoms with Crippen LogP contribution in [0.25, 0.3) is 0 Å². The molecule has 0 aliphatic rings. The first-order valence-corrected chi connectivity index (χ1v) is 10.3. The molecule has 0 saturated heterocycles. The zero-order valence-electron chi connectivity index (χ0n) is 17.4. The van der Waals surface area contributed by atoms with Crippen molar-refractivity contribution in [2.24, 2.45) is 0 Å². The highest BCUT2D eigenvalue weighted by Crippen LogP contribution is 2.37. The van der Waals surface area contributed by atoms with E-state index < -0.39 is 11.4 Å². The second-order valence-corrected chi connectivity index (χ2v) is 7.62. The maximum atomic E-state index is 14.2. The molecule has 1 aromatic heterocycles. The SMILES string of the molecule is C.C=C/C(S)=C\C(=C)NC(=O)CC(OCc1ccccc1)(c1cccc(F)c1)c1cnc[nH]1. The van der Waals surface area contributed by atoms with Gasteiger partial charge in [0.15, 0.2) is 0 Å². The number of ether oxygens (including phenoxy) is 1. The van der Waals surface area contributed by atoms with Crippen LogP contribution in [0, 0.1) is 5.82 Å². The molecule has 0 aliphatic heterocycles. The Kier molecular flexibility index (Phi) is 9.39. The van der Waals surface area contributed by atoms with Crippen molar-refractivity contribution in [2.75, 3.05) is 0 Å². The molecule has 2 N–H and O–H groups in total. The first-order chi connectivity index (χ1) is 15.4. The van der Waals surface area contributed by atoms with E-state index in [1.54, 1.807) is 24.4 Å². The third-order valence-corrected chi connectivity index (χ3v) is 5.10. The van der Waals surface area contributed by atoms with Gasteiger partial charge in [-0.25, -0.2) is 9.37 Å². The quantitative estimate of drug-likeness (QED) is 0.267. The van der Waals surface area contributed by atoms with Gasteiger partial charge in [-0.15, -0.1) is 12.6 Å². The highest BCUT2D eigenvalue weighted by atomic mass is 32.1. The summed E-state index contributed by atoms with van der Waals surface area (Å²) in [5.74, 6) is -0.809. The predicted octanol–water partition coefficient (Wildman–Crippen LogP) is 5.67. The molecule has 1 unspecified atom stereocenters. The van der Waals surface area contributed by atoms with Crippen LogP contribution in [-0.2, 0) is 21.7 Å². The fraction of sp³-hybridized carbons (Fsp3) is 0.154. The van der Waals surface area contributed by atoms with E-state index in [-0.39, 0.29) is 26.4 Å². The normalized spacial score (nSPS) is 12.8. The average Bonchev–Trinajstić information content (AvgIpc) is 3.32. The molecule has 1 amide bonds. The molecule has 3 aromatic rings. The van der Waals surface area contributed by atoms with E-state index in [4.69, 9.17) is 4.74 Å².